The van der Waals surface area contributed by atoms with E-state index in [0.29, 0.717) is 0 Å². The van der Waals surface area contributed by atoms with E-state index in [1.807, 2.05) is 37.3 Å². The average Bonchev–Trinajstić information content (AvgIpc) is 2.43. The van der Waals surface area contributed by atoms with Crippen molar-refractivity contribution in [2.75, 3.05) is 0 Å². The summed E-state index contributed by atoms with van der Waals surface area (Å²) in [7, 11) is 0. The third-order valence-electron chi connectivity index (χ3n) is 2.94. The number of carbonyl (C=O) groups excluding carboxylic acids is 1. The molecule has 1 aromatic carbocycles. The predicted octanol–water partition coefficient (Wildman–Crippen LogP) is 2.44. The Hall–Kier alpha value is -2.12. The third kappa shape index (κ3) is 10.4. The zero-order chi connectivity index (χ0) is 19.8. The number of carboxylic acids is 1. The highest BCUT2D eigenvalue weighted by Crippen LogP contribution is 2.11. The highest BCUT2D eigenvalue weighted by Gasteiger charge is 2.35. The largest absolute Gasteiger partial charge is 0.480 e. The molecule has 0 aliphatic heterocycles. The maximum atomic E-state index is 11.3. The van der Waals surface area contributed by atoms with E-state index >= 15 is 0 Å². The number of nitrogens with two attached hydrogens (primary N) is 1. The van der Waals surface area contributed by atoms with Crippen LogP contribution in [0.1, 0.15) is 53.1 Å². The topological polar surface area (TPSA) is 122 Å². The molecular formula is C18H30N2O5. The van der Waals surface area contributed by atoms with Crippen molar-refractivity contribution in [3.8, 4) is 0 Å². The second-order valence-electron chi connectivity index (χ2n) is 7.27. The van der Waals surface area contributed by atoms with E-state index in [1.54, 1.807) is 20.8 Å². The Bertz CT molecular complexity index is 545. The molecule has 0 spiro atoms. The van der Waals surface area contributed by atoms with Crippen LogP contribution >= 0.6 is 0 Å². The minimum atomic E-state index is -1.57. The number of alkyl carbamates (subject to hydrolysis) is 1. The molecule has 2 atom stereocenters. The van der Waals surface area contributed by atoms with Gasteiger partial charge in [-0.3, -0.25) is 0 Å². The second-order valence-corrected chi connectivity index (χ2v) is 7.27. The van der Waals surface area contributed by atoms with E-state index in [-0.39, 0.29) is 6.04 Å². The van der Waals surface area contributed by atoms with Gasteiger partial charge in [0.25, 0.3) is 0 Å². The Morgan fingerprint density at radius 2 is 1.60 bits per heavy atom. The molecule has 0 aromatic heterocycles. The van der Waals surface area contributed by atoms with Gasteiger partial charge in [0, 0.05) is 6.04 Å². The number of nitrogens with one attached hydrogen (secondary N) is 1. The van der Waals surface area contributed by atoms with Gasteiger partial charge in [0.05, 0.1) is 5.60 Å². The molecule has 1 rings (SSSR count). The van der Waals surface area contributed by atoms with Crippen molar-refractivity contribution >= 4 is 12.1 Å². The van der Waals surface area contributed by atoms with Crippen LogP contribution in [0.3, 0.4) is 0 Å². The minimum absolute atomic E-state index is 0.159. The Morgan fingerprint density at radius 3 is 1.88 bits per heavy atom. The van der Waals surface area contributed by atoms with Crippen molar-refractivity contribution < 1.29 is 24.5 Å². The van der Waals surface area contributed by atoms with Gasteiger partial charge in [-0.25, -0.2) is 9.59 Å². The number of ether oxygens (including phenoxy) is 1. The average molecular weight is 354 g/mol. The van der Waals surface area contributed by atoms with Crippen molar-refractivity contribution in [1.29, 1.82) is 0 Å². The van der Waals surface area contributed by atoms with Gasteiger partial charge < -0.3 is 26.0 Å². The first-order valence-electron chi connectivity index (χ1n) is 7.99. The van der Waals surface area contributed by atoms with E-state index in [2.05, 4.69) is 5.32 Å². The summed E-state index contributed by atoms with van der Waals surface area (Å²) in [4.78, 5) is 22.1. The number of benzene rings is 1. The molecule has 1 aromatic rings. The number of rotatable bonds is 4. The lowest BCUT2D eigenvalue weighted by Gasteiger charge is -2.28. The molecule has 1 amide bonds. The number of hydrogen-bond acceptors (Lipinski definition) is 5. The molecule has 25 heavy (non-hydrogen) atoms. The third-order valence-corrected chi connectivity index (χ3v) is 2.94. The van der Waals surface area contributed by atoms with Crippen molar-refractivity contribution in [3.05, 3.63) is 35.9 Å². The first-order valence-corrected chi connectivity index (χ1v) is 7.99. The van der Waals surface area contributed by atoms with E-state index in [9.17, 15) is 14.7 Å². The van der Waals surface area contributed by atoms with Crippen molar-refractivity contribution in [2.24, 2.45) is 5.73 Å². The molecule has 142 valence electrons. The fourth-order valence-electron chi connectivity index (χ4n) is 1.72. The standard InChI is InChI=1S/C10H19NO5.C8H11N/c1-9(2,3)16-8(14)11-6(7(12)13)10(4,5)15;1-7(9)8-5-3-2-4-6-8/h6,15H,1-5H3,(H,11,14)(H,12,13);2-7H,9H2,1H3/t6-;/m1./s1. The summed E-state index contributed by atoms with van der Waals surface area (Å²) in [5, 5.41) is 20.5. The van der Waals surface area contributed by atoms with Crippen molar-refractivity contribution in [1.82, 2.24) is 5.32 Å². The molecular weight excluding hydrogens is 324 g/mol. The van der Waals surface area contributed by atoms with Gasteiger partial charge in [0.2, 0.25) is 0 Å². The molecule has 0 bridgehead atoms. The van der Waals surface area contributed by atoms with Crippen LogP contribution in [0.25, 0.3) is 0 Å². The second kappa shape index (κ2) is 9.39. The number of hydrogen-bond donors (Lipinski definition) is 4. The van der Waals surface area contributed by atoms with Gasteiger partial charge in [0.15, 0.2) is 6.04 Å². The first-order chi connectivity index (χ1) is 11.2. The highest BCUT2D eigenvalue weighted by atomic mass is 16.6. The molecule has 0 radical (unpaired) electrons. The van der Waals surface area contributed by atoms with Gasteiger partial charge in [-0.1, -0.05) is 30.3 Å². The number of aliphatic carboxylic acids is 1. The smallest absolute Gasteiger partial charge is 0.408 e. The summed E-state index contributed by atoms with van der Waals surface area (Å²) in [6.45, 7) is 9.55. The summed E-state index contributed by atoms with van der Waals surface area (Å²) < 4.78 is 4.89. The van der Waals surface area contributed by atoms with Crippen LogP contribution in [-0.2, 0) is 9.53 Å². The number of amides is 1. The van der Waals surface area contributed by atoms with E-state index in [1.165, 1.54) is 19.4 Å². The lowest BCUT2D eigenvalue weighted by molar-refractivity contribution is -0.145. The predicted molar refractivity (Wildman–Crippen MR) is 96.1 cm³/mol. The molecule has 0 heterocycles. The maximum absolute atomic E-state index is 11.3. The summed E-state index contributed by atoms with van der Waals surface area (Å²) in [5.41, 5.74) is 4.52. The van der Waals surface area contributed by atoms with Crippen molar-refractivity contribution in [3.63, 3.8) is 0 Å². The molecule has 0 fully saturated rings. The van der Waals surface area contributed by atoms with Gasteiger partial charge in [-0.05, 0) is 47.1 Å². The number of aliphatic hydroxyl groups is 1. The SMILES string of the molecule is CC(C)(C)OC(=O)N[C@H](C(=O)O)C(C)(C)O.CC(N)c1ccccc1. The Morgan fingerprint density at radius 1 is 1.12 bits per heavy atom. The maximum Gasteiger partial charge on any atom is 0.408 e. The molecule has 5 N–H and O–H groups in total. The fourth-order valence-corrected chi connectivity index (χ4v) is 1.72. The summed E-state index contributed by atoms with van der Waals surface area (Å²) in [6.07, 6.45) is -0.873. The monoisotopic (exact) mass is 354 g/mol. The molecule has 0 saturated heterocycles. The zero-order valence-corrected chi connectivity index (χ0v) is 15.7. The quantitative estimate of drug-likeness (QED) is 0.659. The Balaban J connectivity index is 0.000000535. The van der Waals surface area contributed by atoms with Gasteiger partial charge in [0.1, 0.15) is 5.60 Å². The van der Waals surface area contributed by atoms with Crippen LogP contribution in [0, 0.1) is 0 Å². The summed E-state index contributed by atoms with van der Waals surface area (Å²) >= 11 is 0. The molecule has 0 aliphatic carbocycles. The van der Waals surface area contributed by atoms with Crippen LogP contribution in [-0.4, -0.2) is 39.5 Å². The van der Waals surface area contributed by atoms with Crippen LogP contribution in [0.15, 0.2) is 30.3 Å². The van der Waals surface area contributed by atoms with Crippen LogP contribution in [0.5, 0.6) is 0 Å². The lowest BCUT2D eigenvalue weighted by Crippen LogP contribution is -2.54. The normalized spacial score (nSPS) is 13.8. The number of carboxylic acid groups (broad SMARTS) is 1. The first kappa shape index (κ1) is 22.9. The van der Waals surface area contributed by atoms with E-state index < -0.39 is 29.3 Å². The van der Waals surface area contributed by atoms with Gasteiger partial charge in [-0.15, -0.1) is 0 Å². The molecule has 1 unspecified atom stereocenters. The van der Waals surface area contributed by atoms with Crippen LogP contribution in [0.4, 0.5) is 4.79 Å². The van der Waals surface area contributed by atoms with Gasteiger partial charge in [-0.2, -0.15) is 0 Å². The summed E-state index contributed by atoms with van der Waals surface area (Å²) in [5.74, 6) is -1.32. The zero-order valence-electron chi connectivity index (χ0n) is 15.7. The molecule has 0 saturated carbocycles. The summed E-state index contributed by atoms with van der Waals surface area (Å²) in [6, 6.07) is 8.80. The lowest BCUT2D eigenvalue weighted by atomic mass is 9.99. The molecule has 0 aliphatic rings. The van der Waals surface area contributed by atoms with Crippen LogP contribution < -0.4 is 11.1 Å². The van der Waals surface area contributed by atoms with Crippen molar-refractivity contribution in [2.45, 2.75) is 64.8 Å². The highest BCUT2D eigenvalue weighted by molar-refractivity contribution is 5.81. The molecule has 7 nitrogen and oxygen atoms in total. The Labute approximate surface area is 149 Å². The fraction of sp³-hybridized carbons (Fsp3) is 0.556. The number of carbonyl (C=O) groups is 2. The van der Waals surface area contributed by atoms with Gasteiger partial charge >= 0.3 is 12.1 Å². The van der Waals surface area contributed by atoms with E-state index in [0.717, 1.165) is 0 Å². The van der Waals surface area contributed by atoms with E-state index in [4.69, 9.17) is 15.6 Å². The van der Waals surface area contributed by atoms with Crippen LogP contribution in [0.2, 0.25) is 0 Å². The Kier molecular flexibility index (Phi) is 8.59. The minimum Gasteiger partial charge on any atom is -0.480 e. The molecule has 7 heteroatoms.